The van der Waals surface area contributed by atoms with Crippen LogP contribution in [0, 0.1) is 17.8 Å². The molecule has 1 amide bonds. The summed E-state index contributed by atoms with van der Waals surface area (Å²) in [6.07, 6.45) is 1.24. The van der Waals surface area contributed by atoms with Crippen molar-refractivity contribution in [3.63, 3.8) is 0 Å². The van der Waals surface area contributed by atoms with Crippen LogP contribution in [0.5, 0.6) is 0 Å². The smallest absolute Gasteiger partial charge is 0.410 e. The summed E-state index contributed by atoms with van der Waals surface area (Å²) in [6, 6.07) is 0. The van der Waals surface area contributed by atoms with Gasteiger partial charge in [-0.1, -0.05) is 20.3 Å². The quantitative estimate of drug-likeness (QED) is 0.843. The van der Waals surface area contributed by atoms with E-state index in [9.17, 15) is 14.7 Å². The lowest BCUT2D eigenvalue weighted by Gasteiger charge is -2.42. The minimum Gasteiger partial charge on any atom is -0.481 e. The number of ether oxygens (including phenoxy) is 1. The van der Waals surface area contributed by atoms with Crippen LogP contribution in [0.3, 0.4) is 0 Å². The molecule has 1 atom stereocenters. The van der Waals surface area contributed by atoms with Crippen molar-refractivity contribution < 1.29 is 19.4 Å². The largest absolute Gasteiger partial charge is 0.481 e. The molecule has 0 spiro atoms. The number of carbonyl (C=O) groups excluding carboxylic acids is 1. The summed E-state index contributed by atoms with van der Waals surface area (Å²) in [5, 5.41) is 9.30. The molecule has 1 unspecified atom stereocenters. The van der Waals surface area contributed by atoms with Crippen molar-refractivity contribution in [1.82, 2.24) is 4.90 Å². The molecule has 116 valence electrons. The van der Waals surface area contributed by atoms with Crippen LogP contribution in [0.1, 0.15) is 47.5 Å². The van der Waals surface area contributed by atoms with Crippen molar-refractivity contribution in [3.8, 4) is 0 Å². The van der Waals surface area contributed by atoms with Crippen molar-refractivity contribution in [1.29, 1.82) is 0 Å². The Labute approximate surface area is 121 Å². The highest BCUT2D eigenvalue weighted by Gasteiger charge is 2.40. The lowest BCUT2D eigenvalue weighted by atomic mass is 9.82. The number of nitrogens with zero attached hydrogens (tertiary/aromatic N) is 1. The van der Waals surface area contributed by atoms with Crippen LogP contribution in [-0.4, -0.2) is 40.8 Å². The van der Waals surface area contributed by atoms with Gasteiger partial charge in [0.2, 0.25) is 0 Å². The lowest BCUT2D eigenvalue weighted by Crippen LogP contribution is -2.55. The summed E-state index contributed by atoms with van der Waals surface area (Å²) in [5.41, 5.74) is -0.508. The maximum Gasteiger partial charge on any atom is 0.410 e. The second-order valence-corrected chi connectivity index (χ2v) is 7.06. The van der Waals surface area contributed by atoms with E-state index in [4.69, 9.17) is 4.74 Å². The Morgan fingerprint density at radius 3 is 2.20 bits per heavy atom. The fourth-order valence-electron chi connectivity index (χ4n) is 2.32. The van der Waals surface area contributed by atoms with E-state index in [1.165, 1.54) is 0 Å². The van der Waals surface area contributed by atoms with E-state index in [-0.39, 0.29) is 17.9 Å². The average Bonchev–Trinajstić information content (AvgIpc) is 2.16. The molecule has 0 aromatic rings. The van der Waals surface area contributed by atoms with Gasteiger partial charge in [0.1, 0.15) is 5.60 Å². The fraction of sp³-hybridized carbons (Fsp3) is 0.867. The number of hydrogen-bond acceptors (Lipinski definition) is 3. The Morgan fingerprint density at radius 2 is 1.80 bits per heavy atom. The van der Waals surface area contributed by atoms with Crippen LogP contribution in [-0.2, 0) is 9.53 Å². The fourth-order valence-corrected chi connectivity index (χ4v) is 2.32. The monoisotopic (exact) mass is 285 g/mol. The molecule has 0 aromatic carbocycles. The van der Waals surface area contributed by atoms with Crippen molar-refractivity contribution in [2.75, 3.05) is 13.1 Å². The topological polar surface area (TPSA) is 66.8 Å². The van der Waals surface area contributed by atoms with E-state index < -0.39 is 11.6 Å². The minimum absolute atomic E-state index is 0.0544. The van der Waals surface area contributed by atoms with Crippen LogP contribution in [0.4, 0.5) is 4.79 Å². The Kier molecular flexibility index (Phi) is 5.42. The summed E-state index contributed by atoms with van der Waals surface area (Å²) in [7, 11) is 0. The Hall–Kier alpha value is -1.26. The van der Waals surface area contributed by atoms with Crippen molar-refractivity contribution >= 4 is 12.1 Å². The van der Waals surface area contributed by atoms with Gasteiger partial charge in [-0.25, -0.2) is 4.79 Å². The van der Waals surface area contributed by atoms with Crippen molar-refractivity contribution in [2.45, 2.75) is 53.1 Å². The molecule has 1 aliphatic heterocycles. The minimum atomic E-state index is -0.750. The number of carbonyl (C=O) groups is 2. The summed E-state index contributed by atoms with van der Waals surface area (Å²) in [4.78, 5) is 24.7. The first-order valence-corrected chi connectivity index (χ1v) is 7.31. The van der Waals surface area contributed by atoms with Gasteiger partial charge in [0.25, 0.3) is 0 Å². The maximum atomic E-state index is 11.8. The standard InChI is InChI=1S/C15H27NO4/c1-10(2)6-7-12(13(17)18)11-8-16(9-11)14(19)20-15(3,4)5/h10-12H,6-9H2,1-5H3,(H,17,18). The molecule has 0 bridgehead atoms. The highest BCUT2D eigenvalue weighted by atomic mass is 16.6. The predicted octanol–water partition coefficient (Wildman–Crippen LogP) is 2.99. The summed E-state index contributed by atoms with van der Waals surface area (Å²) in [6.45, 7) is 10.6. The predicted molar refractivity (Wildman–Crippen MR) is 76.5 cm³/mol. The number of rotatable bonds is 5. The van der Waals surface area contributed by atoms with Gasteiger partial charge < -0.3 is 14.7 Å². The van der Waals surface area contributed by atoms with Crippen LogP contribution < -0.4 is 0 Å². The maximum absolute atomic E-state index is 11.8. The van der Waals surface area contributed by atoms with Crippen LogP contribution in [0.25, 0.3) is 0 Å². The number of carboxylic acids is 1. The molecule has 1 heterocycles. The third-order valence-electron chi connectivity index (χ3n) is 3.50. The first kappa shape index (κ1) is 16.8. The molecular formula is C15H27NO4. The third-order valence-corrected chi connectivity index (χ3v) is 3.50. The zero-order chi connectivity index (χ0) is 15.5. The Bertz CT molecular complexity index is 353. The van der Waals surface area contributed by atoms with E-state index in [2.05, 4.69) is 13.8 Å². The molecule has 1 N–H and O–H groups in total. The molecule has 0 aromatic heterocycles. The Balaban J connectivity index is 2.44. The van der Waals surface area contributed by atoms with Crippen molar-refractivity contribution in [3.05, 3.63) is 0 Å². The normalized spacial score (nSPS) is 17.8. The van der Waals surface area contributed by atoms with Gasteiger partial charge in [-0.3, -0.25) is 4.79 Å². The molecule has 1 rings (SSSR count). The van der Waals surface area contributed by atoms with E-state index in [1.807, 2.05) is 20.8 Å². The van der Waals surface area contributed by atoms with Gasteiger partial charge in [0.15, 0.2) is 0 Å². The molecule has 5 nitrogen and oxygen atoms in total. The number of likely N-dealkylation sites (tertiary alicyclic amines) is 1. The second-order valence-electron chi connectivity index (χ2n) is 7.06. The molecule has 0 saturated carbocycles. The van der Waals surface area contributed by atoms with Gasteiger partial charge in [0.05, 0.1) is 5.92 Å². The highest BCUT2D eigenvalue weighted by molar-refractivity contribution is 5.72. The summed E-state index contributed by atoms with van der Waals surface area (Å²) < 4.78 is 5.27. The van der Waals surface area contributed by atoms with Gasteiger partial charge >= 0.3 is 12.1 Å². The number of carboxylic acid groups (broad SMARTS) is 1. The van der Waals surface area contributed by atoms with E-state index in [0.717, 1.165) is 6.42 Å². The third kappa shape index (κ3) is 5.02. The van der Waals surface area contributed by atoms with Crippen molar-refractivity contribution in [2.24, 2.45) is 17.8 Å². The molecule has 0 radical (unpaired) electrons. The molecular weight excluding hydrogens is 258 g/mol. The summed E-state index contributed by atoms with van der Waals surface area (Å²) in [5.74, 6) is -0.548. The van der Waals surface area contributed by atoms with Crippen LogP contribution in [0.15, 0.2) is 0 Å². The average molecular weight is 285 g/mol. The number of hydrogen-bond donors (Lipinski definition) is 1. The zero-order valence-corrected chi connectivity index (χ0v) is 13.2. The highest BCUT2D eigenvalue weighted by Crippen LogP contribution is 2.30. The molecule has 20 heavy (non-hydrogen) atoms. The first-order valence-electron chi connectivity index (χ1n) is 7.31. The van der Waals surface area contributed by atoms with Gasteiger partial charge in [0, 0.05) is 19.0 Å². The van der Waals surface area contributed by atoms with E-state index in [1.54, 1.807) is 4.90 Å². The van der Waals surface area contributed by atoms with Gasteiger partial charge in [-0.15, -0.1) is 0 Å². The molecule has 5 heteroatoms. The SMILES string of the molecule is CC(C)CCC(C(=O)O)C1CN(C(=O)OC(C)(C)C)C1. The second kappa shape index (κ2) is 6.46. The summed E-state index contributed by atoms with van der Waals surface area (Å²) >= 11 is 0. The van der Waals surface area contributed by atoms with Gasteiger partial charge in [-0.2, -0.15) is 0 Å². The number of aliphatic carboxylic acids is 1. The van der Waals surface area contributed by atoms with Crippen LogP contribution >= 0.6 is 0 Å². The Morgan fingerprint density at radius 1 is 1.25 bits per heavy atom. The molecule has 1 fully saturated rings. The van der Waals surface area contributed by atoms with E-state index >= 15 is 0 Å². The molecule has 1 aliphatic rings. The first-order chi connectivity index (χ1) is 9.10. The molecule has 1 saturated heterocycles. The van der Waals surface area contributed by atoms with Gasteiger partial charge in [-0.05, 0) is 33.1 Å². The zero-order valence-electron chi connectivity index (χ0n) is 13.2. The van der Waals surface area contributed by atoms with Crippen LogP contribution in [0.2, 0.25) is 0 Å². The molecule has 0 aliphatic carbocycles. The number of amides is 1. The van der Waals surface area contributed by atoms with E-state index in [0.29, 0.717) is 25.4 Å². The lowest BCUT2D eigenvalue weighted by molar-refractivity contribution is -0.146.